The second kappa shape index (κ2) is 6.11. The summed E-state index contributed by atoms with van der Waals surface area (Å²) in [5.74, 6) is 0. The lowest BCUT2D eigenvalue weighted by Crippen LogP contribution is -2.20. The highest BCUT2D eigenvalue weighted by atomic mass is 79.9. The van der Waals surface area contributed by atoms with Gasteiger partial charge in [-0.3, -0.25) is 0 Å². The largest absolute Gasteiger partial charge is 0.301 e. The predicted octanol–water partition coefficient (Wildman–Crippen LogP) is 3.96. The average Bonchev–Trinajstić information content (AvgIpc) is 2.48. The average molecular weight is 297 g/mol. The van der Waals surface area contributed by atoms with Crippen LogP contribution < -0.4 is 0 Å². The van der Waals surface area contributed by atoms with E-state index in [2.05, 4.69) is 39.3 Å². The molecule has 1 atom stereocenters. The monoisotopic (exact) mass is 295 g/mol. The van der Waals surface area contributed by atoms with E-state index >= 15 is 0 Å². The maximum Gasteiger partial charge on any atom is 0.0325 e. The molecule has 0 saturated heterocycles. The zero-order chi connectivity index (χ0) is 10.6. The van der Waals surface area contributed by atoms with Crippen LogP contribution in [0.5, 0.6) is 0 Å². The molecule has 1 rings (SSSR count). The van der Waals surface area contributed by atoms with Crippen molar-refractivity contribution < 1.29 is 0 Å². The van der Waals surface area contributed by atoms with Crippen molar-refractivity contribution in [3.8, 4) is 0 Å². The van der Waals surface area contributed by atoms with E-state index in [1.807, 2.05) is 6.92 Å². The van der Waals surface area contributed by atoms with Crippen molar-refractivity contribution in [2.75, 3.05) is 13.6 Å². The zero-order valence-corrected chi connectivity index (χ0v) is 11.6. The van der Waals surface area contributed by atoms with Crippen LogP contribution in [-0.2, 0) is 6.54 Å². The Bertz CT molecular complexity index is 275. The Balaban J connectivity index is 2.30. The Morgan fingerprint density at radius 1 is 1.64 bits per heavy atom. The third kappa shape index (κ3) is 4.78. The summed E-state index contributed by atoms with van der Waals surface area (Å²) >= 11 is 11.1. The van der Waals surface area contributed by atoms with Crippen molar-refractivity contribution >= 4 is 38.9 Å². The molecule has 0 radical (unpaired) electrons. The van der Waals surface area contributed by atoms with E-state index in [0.29, 0.717) is 0 Å². The first kappa shape index (κ1) is 12.5. The minimum absolute atomic E-state index is 0.271. The minimum Gasteiger partial charge on any atom is -0.301 e. The highest BCUT2D eigenvalue weighted by molar-refractivity contribution is 9.10. The minimum atomic E-state index is 0.271. The summed E-state index contributed by atoms with van der Waals surface area (Å²) in [6.07, 6.45) is 1.05. The van der Waals surface area contributed by atoms with Gasteiger partial charge in [-0.15, -0.1) is 22.9 Å². The number of hydrogen-bond acceptors (Lipinski definition) is 2. The predicted molar refractivity (Wildman–Crippen MR) is 68.3 cm³/mol. The normalized spacial score (nSPS) is 13.5. The van der Waals surface area contributed by atoms with E-state index in [1.54, 1.807) is 11.3 Å². The molecule has 1 unspecified atom stereocenters. The molecular formula is C10H15BrClNS. The fourth-order valence-corrected chi connectivity index (χ4v) is 2.81. The Hall–Kier alpha value is 0.430. The number of alkyl halides is 1. The van der Waals surface area contributed by atoms with Crippen LogP contribution in [0.15, 0.2) is 15.9 Å². The van der Waals surface area contributed by atoms with Crippen molar-refractivity contribution in [2.24, 2.45) is 0 Å². The van der Waals surface area contributed by atoms with E-state index < -0.39 is 0 Å². The van der Waals surface area contributed by atoms with Gasteiger partial charge in [-0.2, -0.15) is 0 Å². The van der Waals surface area contributed by atoms with Gasteiger partial charge in [0.15, 0.2) is 0 Å². The number of thiophene rings is 1. The first-order valence-corrected chi connectivity index (χ1v) is 6.74. The van der Waals surface area contributed by atoms with Gasteiger partial charge < -0.3 is 4.90 Å². The standard InChI is InChI=1S/C10H15BrClNS/c1-8(12)3-4-13(2)6-10-5-9(11)7-14-10/h5,7-8H,3-4,6H2,1-2H3. The summed E-state index contributed by atoms with van der Waals surface area (Å²) in [5, 5.41) is 2.39. The molecule has 0 amide bonds. The summed E-state index contributed by atoms with van der Waals surface area (Å²) in [5.41, 5.74) is 0. The van der Waals surface area contributed by atoms with Crippen LogP contribution >= 0.6 is 38.9 Å². The molecule has 1 heterocycles. The summed E-state index contributed by atoms with van der Waals surface area (Å²) in [6, 6.07) is 2.17. The molecule has 1 aromatic rings. The van der Waals surface area contributed by atoms with E-state index in [-0.39, 0.29) is 5.38 Å². The molecule has 0 saturated carbocycles. The molecule has 0 spiro atoms. The highest BCUT2D eigenvalue weighted by Gasteiger charge is 2.04. The van der Waals surface area contributed by atoms with Gasteiger partial charge in [-0.1, -0.05) is 0 Å². The molecule has 0 aliphatic heterocycles. The van der Waals surface area contributed by atoms with Gasteiger partial charge in [0.05, 0.1) is 0 Å². The summed E-state index contributed by atoms with van der Waals surface area (Å²) in [6.45, 7) is 4.11. The van der Waals surface area contributed by atoms with Crippen LogP contribution in [0.25, 0.3) is 0 Å². The molecule has 0 aliphatic carbocycles. The molecule has 0 N–H and O–H groups in total. The SMILES string of the molecule is CC(Cl)CCN(C)Cc1cc(Br)cs1. The van der Waals surface area contributed by atoms with Gasteiger partial charge in [-0.05, 0) is 48.9 Å². The maximum absolute atomic E-state index is 5.90. The van der Waals surface area contributed by atoms with Gasteiger partial charge in [0.1, 0.15) is 0 Å². The third-order valence-corrected chi connectivity index (χ3v) is 3.86. The lowest BCUT2D eigenvalue weighted by molar-refractivity contribution is 0.324. The van der Waals surface area contributed by atoms with Crippen LogP contribution in [-0.4, -0.2) is 23.9 Å². The first-order valence-electron chi connectivity index (χ1n) is 4.63. The number of rotatable bonds is 5. The van der Waals surface area contributed by atoms with E-state index in [0.717, 1.165) is 19.5 Å². The molecule has 4 heteroatoms. The molecule has 0 bridgehead atoms. The second-order valence-corrected chi connectivity index (χ2v) is 6.19. The molecular weight excluding hydrogens is 282 g/mol. The maximum atomic E-state index is 5.90. The van der Waals surface area contributed by atoms with Crippen LogP contribution in [0.4, 0.5) is 0 Å². The number of nitrogens with zero attached hydrogens (tertiary/aromatic N) is 1. The first-order chi connectivity index (χ1) is 6.58. The quantitative estimate of drug-likeness (QED) is 0.744. The zero-order valence-electron chi connectivity index (χ0n) is 8.46. The Kier molecular flexibility index (Phi) is 5.45. The fourth-order valence-electron chi connectivity index (χ4n) is 1.18. The van der Waals surface area contributed by atoms with Gasteiger partial charge in [0.2, 0.25) is 0 Å². The molecule has 0 aliphatic rings. The summed E-state index contributed by atoms with van der Waals surface area (Å²) in [4.78, 5) is 3.69. The summed E-state index contributed by atoms with van der Waals surface area (Å²) in [7, 11) is 2.13. The Morgan fingerprint density at radius 2 is 2.36 bits per heavy atom. The van der Waals surface area contributed by atoms with Crippen LogP contribution in [0, 0.1) is 0 Å². The van der Waals surface area contributed by atoms with Gasteiger partial charge in [0, 0.05) is 26.7 Å². The number of halogens is 2. The van der Waals surface area contributed by atoms with Crippen LogP contribution in [0.3, 0.4) is 0 Å². The molecule has 0 fully saturated rings. The molecule has 1 nitrogen and oxygen atoms in total. The van der Waals surface area contributed by atoms with E-state index in [4.69, 9.17) is 11.6 Å². The molecule has 0 aromatic carbocycles. The van der Waals surface area contributed by atoms with Crippen molar-refractivity contribution in [2.45, 2.75) is 25.3 Å². The lowest BCUT2D eigenvalue weighted by atomic mass is 10.3. The van der Waals surface area contributed by atoms with Gasteiger partial charge >= 0.3 is 0 Å². The van der Waals surface area contributed by atoms with Crippen molar-refractivity contribution in [3.05, 3.63) is 20.8 Å². The molecule has 80 valence electrons. The summed E-state index contributed by atoms with van der Waals surface area (Å²) < 4.78 is 1.18. The molecule has 1 aromatic heterocycles. The van der Waals surface area contributed by atoms with Crippen molar-refractivity contribution in [3.63, 3.8) is 0 Å². The fraction of sp³-hybridized carbons (Fsp3) is 0.600. The van der Waals surface area contributed by atoms with E-state index in [1.165, 1.54) is 9.35 Å². The second-order valence-electron chi connectivity index (χ2n) is 3.54. The number of hydrogen-bond donors (Lipinski definition) is 0. The van der Waals surface area contributed by atoms with Crippen LogP contribution in [0.2, 0.25) is 0 Å². The van der Waals surface area contributed by atoms with Crippen LogP contribution in [0.1, 0.15) is 18.2 Å². The molecule has 14 heavy (non-hydrogen) atoms. The smallest absolute Gasteiger partial charge is 0.0325 e. The topological polar surface area (TPSA) is 3.24 Å². The van der Waals surface area contributed by atoms with E-state index in [9.17, 15) is 0 Å². The highest BCUT2D eigenvalue weighted by Crippen LogP contribution is 2.20. The Morgan fingerprint density at radius 3 is 2.86 bits per heavy atom. The van der Waals surface area contributed by atoms with Gasteiger partial charge in [0.25, 0.3) is 0 Å². The Labute approximate surface area is 103 Å². The van der Waals surface area contributed by atoms with Crippen molar-refractivity contribution in [1.82, 2.24) is 4.90 Å². The lowest BCUT2D eigenvalue weighted by Gasteiger charge is -2.15. The van der Waals surface area contributed by atoms with Crippen molar-refractivity contribution in [1.29, 1.82) is 0 Å². The van der Waals surface area contributed by atoms with Gasteiger partial charge in [-0.25, -0.2) is 0 Å². The third-order valence-electron chi connectivity index (χ3n) is 1.96.